The van der Waals surface area contributed by atoms with Crippen LogP contribution in [0.3, 0.4) is 0 Å². The van der Waals surface area contributed by atoms with Crippen molar-refractivity contribution < 1.29 is 9.90 Å². The van der Waals surface area contributed by atoms with Crippen LogP contribution in [0.5, 0.6) is 0 Å². The molecule has 1 unspecified atom stereocenters. The number of nitrogens with zero attached hydrogens (tertiary/aromatic N) is 2. The standard InChI is InChI=1S/C10H17N3O2/c1-7(2)13-6-12-5-9(13)8(4-11)3-10(14)15/h5-8H,3-4,11H2,1-2H3,(H,14,15). The molecule has 1 rings (SSSR count). The van der Waals surface area contributed by atoms with Crippen molar-refractivity contribution in [2.75, 3.05) is 6.54 Å². The summed E-state index contributed by atoms with van der Waals surface area (Å²) in [6, 6.07) is 0.269. The van der Waals surface area contributed by atoms with Gasteiger partial charge in [-0.15, -0.1) is 0 Å². The Labute approximate surface area is 88.9 Å². The number of nitrogens with two attached hydrogens (primary N) is 1. The Bertz CT molecular complexity index is 333. The Hall–Kier alpha value is -1.36. The number of imidazole rings is 1. The van der Waals surface area contributed by atoms with E-state index in [-0.39, 0.29) is 18.4 Å². The Balaban J connectivity index is 2.91. The predicted molar refractivity (Wildman–Crippen MR) is 56.7 cm³/mol. The lowest BCUT2D eigenvalue weighted by atomic mass is 10.0. The van der Waals surface area contributed by atoms with Gasteiger partial charge in [0.15, 0.2) is 0 Å². The highest BCUT2D eigenvalue weighted by atomic mass is 16.4. The van der Waals surface area contributed by atoms with E-state index in [0.717, 1.165) is 5.69 Å². The first-order valence-corrected chi connectivity index (χ1v) is 4.99. The molecule has 5 nitrogen and oxygen atoms in total. The van der Waals surface area contributed by atoms with Gasteiger partial charge in [-0.3, -0.25) is 4.79 Å². The molecule has 3 N–H and O–H groups in total. The SMILES string of the molecule is CC(C)n1cncc1C(CN)CC(=O)O. The van der Waals surface area contributed by atoms with E-state index in [1.165, 1.54) is 0 Å². The number of hydrogen-bond acceptors (Lipinski definition) is 3. The number of carbonyl (C=O) groups is 1. The average molecular weight is 211 g/mol. The van der Waals surface area contributed by atoms with Crippen molar-refractivity contribution in [2.24, 2.45) is 5.73 Å². The Morgan fingerprint density at radius 2 is 2.33 bits per heavy atom. The van der Waals surface area contributed by atoms with Crippen LogP contribution in [0.15, 0.2) is 12.5 Å². The maximum Gasteiger partial charge on any atom is 0.304 e. The first kappa shape index (κ1) is 11.7. The summed E-state index contributed by atoms with van der Waals surface area (Å²) in [5.74, 6) is -0.991. The summed E-state index contributed by atoms with van der Waals surface area (Å²) in [5, 5.41) is 8.76. The largest absolute Gasteiger partial charge is 0.481 e. The minimum Gasteiger partial charge on any atom is -0.481 e. The third-order valence-corrected chi connectivity index (χ3v) is 2.38. The molecule has 1 atom stereocenters. The molecule has 0 bridgehead atoms. The van der Waals surface area contributed by atoms with Crippen molar-refractivity contribution >= 4 is 5.97 Å². The third-order valence-electron chi connectivity index (χ3n) is 2.38. The summed E-state index contributed by atoms with van der Waals surface area (Å²) in [4.78, 5) is 14.7. The van der Waals surface area contributed by atoms with Crippen molar-refractivity contribution in [1.29, 1.82) is 0 Å². The maximum absolute atomic E-state index is 10.7. The van der Waals surface area contributed by atoms with Gasteiger partial charge in [0.05, 0.1) is 12.7 Å². The molecule has 0 saturated carbocycles. The van der Waals surface area contributed by atoms with Crippen LogP contribution in [0.1, 0.15) is 37.9 Å². The zero-order valence-electron chi connectivity index (χ0n) is 9.05. The van der Waals surface area contributed by atoms with E-state index in [2.05, 4.69) is 4.98 Å². The van der Waals surface area contributed by atoms with Crippen LogP contribution < -0.4 is 5.73 Å². The molecule has 0 radical (unpaired) electrons. The molecule has 0 fully saturated rings. The van der Waals surface area contributed by atoms with Gasteiger partial charge in [-0.1, -0.05) is 0 Å². The lowest BCUT2D eigenvalue weighted by Crippen LogP contribution is -2.20. The number of aliphatic carboxylic acids is 1. The lowest BCUT2D eigenvalue weighted by molar-refractivity contribution is -0.137. The molecular formula is C10H17N3O2. The second kappa shape index (κ2) is 4.93. The highest BCUT2D eigenvalue weighted by Crippen LogP contribution is 2.21. The zero-order chi connectivity index (χ0) is 11.4. The van der Waals surface area contributed by atoms with Gasteiger partial charge in [-0.25, -0.2) is 4.98 Å². The topological polar surface area (TPSA) is 81.1 Å². The molecule has 5 heteroatoms. The minimum absolute atomic E-state index is 0.0505. The van der Waals surface area contributed by atoms with Gasteiger partial charge in [0.1, 0.15) is 0 Å². The second-order valence-corrected chi connectivity index (χ2v) is 3.85. The summed E-state index contributed by atoms with van der Waals surface area (Å²) in [7, 11) is 0. The first-order chi connectivity index (χ1) is 7.06. The molecular weight excluding hydrogens is 194 g/mol. The molecule has 1 aromatic heterocycles. The van der Waals surface area contributed by atoms with Crippen LogP contribution in [-0.2, 0) is 4.79 Å². The number of aromatic nitrogens is 2. The summed E-state index contributed by atoms with van der Waals surface area (Å²) in [5.41, 5.74) is 6.47. The summed E-state index contributed by atoms with van der Waals surface area (Å²) in [6.45, 7) is 4.38. The molecule has 1 heterocycles. The van der Waals surface area contributed by atoms with E-state index < -0.39 is 5.97 Å². The van der Waals surface area contributed by atoms with Crippen LogP contribution in [0.4, 0.5) is 0 Å². The van der Waals surface area contributed by atoms with E-state index in [4.69, 9.17) is 10.8 Å². The van der Waals surface area contributed by atoms with Gasteiger partial charge >= 0.3 is 5.97 Å². The van der Waals surface area contributed by atoms with Crippen molar-refractivity contribution in [3.05, 3.63) is 18.2 Å². The summed E-state index contributed by atoms with van der Waals surface area (Å²) < 4.78 is 1.96. The van der Waals surface area contributed by atoms with Crippen molar-refractivity contribution in [3.8, 4) is 0 Å². The number of carboxylic acids is 1. The van der Waals surface area contributed by atoms with Gasteiger partial charge in [-0.05, 0) is 13.8 Å². The van der Waals surface area contributed by atoms with E-state index in [1.807, 2.05) is 18.4 Å². The normalized spacial score (nSPS) is 13.1. The quantitative estimate of drug-likeness (QED) is 0.760. The highest BCUT2D eigenvalue weighted by molar-refractivity contribution is 5.67. The predicted octanol–water partition coefficient (Wildman–Crippen LogP) is 0.981. The van der Waals surface area contributed by atoms with E-state index in [1.54, 1.807) is 12.5 Å². The van der Waals surface area contributed by atoms with Crippen LogP contribution in [0.25, 0.3) is 0 Å². The fraction of sp³-hybridized carbons (Fsp3) is 0.600. The van der Waals surface area contributed by atoms with Crippen LogP contribution >= 0.6 is 0 Å². The van der Waals surface area contributed by atoms with Gasteiger partial charge in [-0.2, -0.15) is 0 Å². The first-order valence-electron chi connectivity index (χ1n) is 4.99. The Morgan fingerprint density at radius 3 is 2.80 bits per heavy atom. The number of hydrogen-bond donors (Lipinski definition) is 2. The van der Waals surface area contributed by atoms with Crippen LogP contribution in [0.2, 0.25) is 0 Å². The van der Waals surface area contributed by atoms with Crippen molar-refractivity contribution in [1.82, 2.24) is 9.55 Å². The van der Waals surface area contributed by atoms with Gasteiger partial charge in [0, 0.05) is 30.4 Å². The smallest absolute Gasteiger partial charge is 0.304 e. The number of carboxylic acid groups (broad SMARTS) is 1. The molecule has 0 aliphatic heterocycles. The molecule has 15 heavy (non-hydrogen) atoms. The Morgan fingerprint density at radius 1 is 1.67 bits per heavy atom. The Kier molecular flexibility index (Phi) is 3.85. The number of rotatable bonds is 5. The molecule has 0 saturated heterocycles. The van der Waals surface area contributed by atoms with Crippen molar-refractivity contribution in [3.63, 3.8) is 0 Å². The molecule has 1 aromatic rings. The third kappa shape index (κ3) is 2.79. The summed E-state index contributed by atoms with van der Waals surface area (Å²) in [6.07, 6.45) is 3.46. The average Bonchev–Trinajstić information content (AvgIpc) is 2.62. The summed E-state index contributed by atoms with van der Waals surface area (Å²) >= 11 is 0. The molecule has 0 amide bonds. The monoisotopic (exact) mass is 211 g/mol. The highest BCUT2D eigenvalue weighted by Gasteiger charge is 2.18. The second-order valence-electron chi connectivity index (χ2n) is 3.85. The van der Waals surface area contributed by atoms with Crippen molar-refractivity contribution in [2.45, 2.75) is 32.2 Å². The van der Waals surface area contributed by atoms with E-state index >= 15 is 0 Å². The van der Waals surface area contributed by atoms with Crippen LogP contribution in [0, 0.1) is 0 Å². The molecule has 84 valence electrons. The van der Waals surface area contributed by atoms with Crippen LogP contribution in [-0.4, -0.2) is 27.2 Å². The van der Waals surface area contributed by atoms with Gasteiger partial charge in [0.25, 0.3) is 0 Å². The minimum atomic E-state index is -0.832. The zero-order valence-corrected chi connectivity index (χ0v) is 9.05. The fourth-order valence-electron chi connectivity index (χ4n) is 1.58. The van der Waals surface area contributed by atoms with E-state index in [0.29, 0.717) is 6.54 Å². The fourth-order valence-corrected chi connectivity index (χ4v) is 1.58. The molecule has 0 spiro atoms. The van der Waals surface area contributed by atoms with Gasteiger partial charge in [0.2, 0.25) is 0 Å². The molecule has 0 aliphatic rings. The van der Waals surface area contributed by atoms with Gasteiger partial charge < -0.3 is 15.4 Å². The molecule has 0 aromatic carbocycles. The molecule has 0 aliphatic carbocycles. The lowest BCUT2D eigenvalue weighted by Gasteiger charge is -2.17. The van der Waals surface area contributed by atoms with E-state index in [9.17, 15) is 4.79 Å². The maximum atomic E-state index is 10.7.